The van der Waals surface area contributed by atoms with E-state index in [4.69, 9.17) is 16.3 Å². The molecule has 10 heteroatoms. The van der Waals surface area contributed by atoms with Crippen molar-refractivity contribution in [3.8, 4) is 5.75 Å². The zero-order valence-corrected chi connectivity index (χ0v) is 25.9. The second-order valence-electron chi connectivity index (χ2n) is 10.8. The van der Waals surface area contributed by atoms with Crippen LogP contribution in [0.1, 0.15) is 67.6 Å². The number of aryl methyl sites for hydroxylation is 1. The average molecular weight is 578 g/mol. The monoisotopic (exact) mass is 577 g/mol. The van der Waals surface area contributed by atoms with Crippen LogP contribution >= 0.6 is 11.9 Å². The number of anilines is 4. The standard InChI is InChI=1S/C31H43N7O2S/c1-8-9-14-34-28-13-12-22(18-35-28)24(32)19-38(33)27-15-21(11-10-20(27)2)30(39)36-25-16-23(31(3,4)5)17-26(37-41-7)29(25)40-6/h10-13,15-19,37H,8-9,14,32-33H2,1-7H3,(H,34,35)(H,36,39)/b24-19-. The zero-order chi connectivity index (χ0) is 30.2. The normalized spacial score (nSPS) is 11.7. The van der Waals surface area contributed by atoms with E-state index < -0.39 is 0 Å². The first kappa shape index (κ1) is 31.6. The first-order valence-corrected chi connectivity index (χ1v) is 14.9. The molecule has 0 atom stereocenters. The Labute approximate surface area is 248 Å². The molecular formula is C31H43N7O2S. The van der Waals surface area contributed by atoms with E-state index in [1.807, 2.05) is 43.5 Å². The van der Waals surface area contributed by atoms with Gasteiger partial charge in [-0.05, 0) is 66.3 Å². The van der Waals surface area contributed by atoms with Crippen molar-refractivity contribution in [3.05, 3.63) is 77.1 Å². The van der Waals surface area contributed by atoms with Gasteiger partial charge in [-0.1, -0.05) is 52.1 Å². The molecule has 1 amide bonds. The average Bonchev–Trinajstić information content (AvgIpc) is 2.93. The van der Waals surface area contributed by atoms with Crippen LogP contribution in [0.25, 0.3) is 5.70 Å². The molecule has 0 unspecified atom stereocenters. The second kappa shape index (κ2) is 14.1. The van der Waals surface area contributed by atoms with E-state index in [1.54, 1.807) is 31.6 Å². The summed E-state index contributed by atoms with van der Waals surface area (Å²) in [4.78, 5) is 17.9. The van der Waals surface area contributed by atoms with Crippen LogP contribution < -0.4 is 36.7 Å². The second-order valence-corrected chi connectivity index (χ2v) is 11.4. The zero-order valence-electron chi connectivity index (χ0n) is 25.1. The Morgan fingerprint density at radius 2 is 1.83 bits per heavy atom. The van der Waals surface area contributed by atoms with Gasteiger partial charge in [0.1, 0.15) is 5.82 Å². The summed E-state index contributed by atoms with van der Waals surface area (Å²) in [6.07, 6.45) is 7.47. The molecule has 220 valence electrons. The number of carbonyl (C=O) groups is 1. The maximum absolute atomic E-state index is 13.5. The highest BCUT2D eigenvalue weighted by Gasteiger charge is 2.21. The summed E-state index contributed by atoms with van der Waals surface area (Å²) in [6.45, 7) is 11.3. The highest BCUT2D eigenvalue weighted by Crippen LogP contribution is 2.39. The van der Waals surface area contributed by atoms with Crippen molar-refractivity contribution in [2.24, 2.45) is 11.6 Å². The Hall–Kier alpha value is -3.89. The van der Waals surface area contributed by atoms with Gasteiger partial charge in [-0.25, -0.2) is 10.8 Å². The Bertz CT molecular complexity index is 1370. The molecule has 9 nitrogen and oxygen atoms in total. The fourth-order valence-corrected chi connectivity index (χ4v) is 4.51. The molecular weight excluding hydrogens is 534 g/mol. The van der Waals surface area contributed by atoms with Gasteiger partial charge in [-0.2, -0.15) is 0 Å². The lowest BCUT2D eigenvalue weighted by molar-refractivity contribution is 0.102. The van der Waals surface area contributed by atoms with Gasteiger partial charge in [-0.15, -0.1) is 0 Å². The van der Waals surface area contributed by atoms with Gasteiger partial charge in [0.2, 0.25) is 0 Å². The molecule has 0 bridgehead atoms. The van der Waals surface area contributed by atoms with Crippen molar-refractivity contribution in [2.45, 2.75) is 52.9 Å². The predicted octanol–water partition coefficient (Wildman–Crippen LogP) is 6.49. The Morgan fingerprint density at radius 1 is 1.12 bits per heavy atom. The molecule has 7 N–H and O–H groups in total. The first-order valence-electron chi connectivity index (χ1n) is 13.6. The van der Waals surface area contributed by atoms with Crippen LogP contribution in [0.15, 0.2) is 54.9 Å². The summed E-state index contributed by atoms with van der Waals surface area (Å²) in [7, 11) is 1.59. The Balaban J connectivity index is 1.85. The minimum Gasteiger partial charge on any atom is -0.492 e. The van der Waals surface area contributed by atoms with Crippen molar-refractivity contribution in [3.63, 3.8) is 0 Å². The third-order valence-electron chi connectivity index (χ3n) is 6.58. The molecule has 2 aromatic carbocycles. The SMILES string of the molecule is CCCCNc1ccc(/C(N)=C/N(N)c2cc(C(=O)Nc3cc(C(C)(C)C)cc(NSC)c3OC)ccc2C)cn1. The smallest absolute Gasteiger partial charge is 0.255 e. The number of amides is 1. The third-order valence-corrected chi connectivity index (χ3v) is 7.00. The van der Waals surface area contributed by atoms with Crippen LogP contribution in [0.3, 0.4) is 0 Å². The van der Waals surface area contributed by atoms with E-state index in [0.717, 1.165) is 47.6 Å². The quantitative estimate of drug-likeness (QED) is 0.0710. The number of unbranched alkanes of at least 4 members (excludes halogenated alkanes) is 1. The molecule has 1 aromatic heterocycles. The lowest BCUT2D eigenvalue weighted by Crippen LogP contribution is -2.27. The van der Waals surface area contributed by atoms with Crippen molar-refractivity contribution in [2.75, 3.05) is 40.3 Å². The lowest BCUT2D eigenvalue weighted by Gasteiger charge is -2.24. The third kappa shape index (κ3) is 8.31. The molecule has 0 aliphatic carbocycles. The van der Waals surface area contributed by atoms with Gasteiger partial charge < -0.3 is 25.8 Å². The first-order chi connectivity index (χ1) is 19.5. The molecule has 0 spiro atoms. The number of hydrazine groups is 1. The van der Waals surface area contributed by atoms with Crippen LogP contribution in [0, 0.1) is 6.92 Å². The fourth-order valence-electron chi connectivity index (χ4n) is 4.14. The van der Waals surface area contributed by atoms with Gasteiger partial charge in [0.25, 0.3) is 5.91 Å². The number of benzene rings is 2. The minimum atomic E-state index is -0.286. The number of rotatable bonds is 12. The Kier molecular flexibility index (Phi) is 10.9. The number of ether oxygens (including phenoxy) is 1. The van der Waals surface area contributed by atoms with Gasteiger partial charge in [0.15, 0.2) is 5.75 Å². The highest BCUT2D eigenvalue weighted by atomic mass is 32.2. The summed E-state index contributed by atoms with van der Waals surface area (Å²) in [6, 6.07) is 13.2. The number of aromatic nitrogens is 1. The van der Waals surface area contributed by atoms with Gasteiger partial charge in [0.05, 0.1) is 29.9 Å². The molecule has 0 saturated heterocycles. The summed E-state index contributed by atoms with van der Waals surface area (Å²) in [5.74, 6) is 7.49. The van der Waals surface area contributed by atoms with Crippen LogP contribution in [0.5, 0.6) is 5.75 Å². The van der Waals surface area contributed by atoms with E-state index in [9.17, 15) is 4.79 Å². The van der Waals surface area contributed by atoms with Crippen LogP contribution in [-0.2, 0) is 5.41 Å². The maximum atomic E-state index is 13.5. The van der Waals surface area contributed by atoms with Gasteiger partial charge in [0, 0.05) is 36.3 Å². The van der Waals surface area contributed by atoms with Crippen molar-refractivity contribution >= 4 is 46.4 Å². The summed E-state index contributed by atoms with van der Waals surface area (Å²) < 4.78 is 8.94. The maximum Gasteiger partial charge on any atom is 0.255 e. The molecule has 0 saturated carbocycles. The van der Waals surface area contributed by atoms with E-state index in [1.165, 1.54) is 17.0 Å². The number of methoxy groups -OCH3 is 1. The van der Waals surface area contributed by atoms with Crippen LogP contribution in [0.2, 0.25) is 0 Å². The molecule has 1 heterocycles. The number of hydrogen-bond donors (Lipinski definition) is 5. The summed E-state index contributed by atoms with van der Waals surface area (Å²) >= 11 is 1.46. The molecule has 3 aromatic rings. The van der Waals surface area contributed by atoms with E-state index in [0.29, 0.717) is 28.4 Å². The van der Waals surface area contributed by atoms with E-state index in [-0.39, 0.29) is 11.3 Å². The lowest BCUT2D eigenvalue weighted by atomic mass is 9.86. The number of hydrogen-bond acceptors (Lipinski definition) is 9. The summed E-state index contributed by atoms with van der Waals surface area (Å²) in [5.41, 5.74) is 11.8. The predicted molar refractivity (Wildman–Crippen MR) is 174 cm³/mol. The van der Waals surface area contributed by atoms with E-state index in [2.05, 4.69) is 48.0 Å². The molecule has 3 rings (SSSR count). The fraction of sp³-hybridized carbons (Fsp3) is 0.355. The highest BCUT2D eigenvalue weighted by molar-refractivity contribution is 7.99. The van der Waals surface area contributed by atoms with Gasteiger partial charge >= 0.3 is 0 Å². The van der Waals surface area contributed by atoms with Crippen molar-refractivity contribution in [1.82, 2.24) is 4.98 Å². The topological polar surface area (TPSA) is 131 Å². The van der Waals surface area contributed by atoms with Crippen molar-refractivity contribution in [1.29, 1.82) is 0 Å². The number of nitrogens with one attached hydrogen (secondary N) is 3. The molecule has 41 heavy (non-hydrogen) atoms. The van der Waals surface area contributed by atoms with Crippen LogP contribution in [-0.4, -0.2) is 30.8 Å². The minimum absolute atomic E-state index is 0.134. The van der Waals surface area contributed by atoms with Crippen LogP contribution in [0.4, 0.5) is 22.9 Å². The molecule has 0 fully saturated rings. The van der Waals surface area contributed by atoms with Gasteiger partial charge in [-0.3, -0.25) is 9.80 Å². The Morgan fingerprint density at radius 3 is 2.44 bits per heavy atom. The summed E-state index contributed by atoms with van der Waals surface area (Å²) in [5, 5.41) is 7.75. The number of nitrogens with zero attached hydrogens (tertiary/aromatic N) is 2. The number of carbonyl (C=O) groups excluding carboxylic acids is 1. The molecule has 0 aliphatic heterocycles. The number of pyridine rings is 1. The van der Waals surface area contributed by atoms with Crippen molar-refractivity contribution < 1.29 is 9.53 Å². The van der Waals surface area contributed by atoms with E-state index >= 15 is 0 Å². The number of nitrogens with two attached hydrogens (primary N) is 2. The molecule has 0 aliphatic rings. The molecule has 0 radical (unpaired) electrons. The largest absolute Gasteiger partial charge is 0.492 e.